The van der Waals surface area contributed by atoms with E-state index >= 15 is 0 Å². The third kappa shape index (κ3) is 6.94. The molecule has 2 N–H and O–H groups in total. The number of amides is 1. The van der Waals surface area contributed by atoms with Crippen LogP contribution in [0.5, 0.6) is 0 Å². The Hall–Kier alpha value is -3.86. The van der Waals surface area contributed by atoms with Crippen LogP contribution in [-0.2, 0) is 26.2 Å². The largest absolute Gasteiger partial charge is 0.457 e. The van der Waals surface area contributed by atoms with Crippen LogP contribution in [0.15, 0.2) is 91.0 Å². The Morgan fingerprint density at radius 2 is 1.39 bits per heavy atom. The Balaban J connectivity index is 1.34. The molecular formula is C36H45BN6O3. The predicted molar refractivity (Wildman–Crippen MR) is 179 cm³/mol. The lowest BCUT2D eigenvalue weighted by molar-refractivity contribution is -0.122. The molecule has 1 aliphatic heterocycles. The van der Waals surface area contributed by atoms with Gasteiger partial charge >= 0.3 is 7.12 Å². The smallest absolute Gasteiger partial charge is 0.403 e. The third-order valence-corrected chi connectivity index (χ3v) is 9.60. The van der Waals surface area contributed by atoms with E-state index in [1.54, 1.807) is 4.68 Å². The highest BCUT2D eigenvalue weighted by molar-refractivity contribution is 6.45. The van der Waals surface area contributed by atoms with Crippen LogP contribution in [0.1, 0.15) is 88.4 Å². The van der Waals surface area contributed by atoms with Crippen molar-refractivity contribution in [3.05, 3.63) is 114 Å². The molecule has 2 fully saturated rings. The van der Waals surface area contributed by atoms with Crippen LogP contribution in [0.3, 0.4) is 0 Å². The second kappa shape index (κ2) is 13.5. The highest BCUT2D eigenvalue weighted by Gasteiger charge is 2.50. The number of tetrazole rings is 1. The molecule has 1 aliphatic carbocycles. The average Bonchev–Trinajstić information content (AvgIpc) is 3.70. The van der Waals surface area contributed by atoms with Crippen LogP contribution in [0.25, 0.3) is 0 Å². The van der Waals surface area contributed by atoms with E-state index in [2.05, 4.69) is 127 Å². The average molecular weight is 621 g/mol. The Bertz CT molecular complexity index is 1460. The number of hydrogen-bond acceptors (Lipinski definition) is 7. The molecule has 1 saturated heterocycles. The first-order valence-corrected chi connectivity index (χ1v) is 16.5. The summed E-state index contributed by atoms with van der Waals surface area (Å²) in [5.41, 5.74) is 1.85. The minimum Gasteiger partial charge on any atom is -0.403 e. The summed E-state index contributed by atoms with van der Waals surface area (Å²) >= 11 is 0. The number of carbonyl (C=O) groups excluding carboxylic acids is 1. The van der Waals surface area contributed by atoms with Gasteiger partial charge in [0.15, 0.2) is 5.82 Å². The van der Waals surface area contributed by atoms with Crippen molar-refractivity contribution in [2.45, 2.75) is 101 Å². The molecule has 0 spiro atoms. The molecule has 46 heavy (non-hydrogen) atoms. The molecule has 240 valence electrons. The van der Waals surface area contributed by atoms with Crippen molar-refractivity contribution in [2.24, 2.45) is 0 Å². The number of nitrogens with one attached hydrogen (secondary N) is 2. The van der Waals surface area contributed by atoms with Crippen molar-refractivity contribution in [1.29, 1.82) is 0 Å². The summed E-state index contributed by atoms with van der Waals surface area (Å²) in [6.07, 6.45) is 5.34. The van der Waals surface area contributed by atoms with E-state index < -0.39 is 5.54 Å². The Morgan fingerprint density at radius 1 is 0.870 bits per heavy atom. The van der Waals surface area contributed by atoms with Crippen LogP contribution < -0.4 is 10.6 Å². The van der Waals surface area contributed by atoms with Crippen molar-refractivity contribution in [3.8, 4) is 0 Å². The monoisotopic (exact) mass is 620 g/mol. The van der Waals surface area contributed by atoms with Gasteiger partial charge in [0.25, 0.3) is 0 Å². The molecule has 0 radical (unpaired) electrons. The minimum absolute atomic E-state index is 0.0694. The Kier molecular flexibility index (Phi) is 9.40. The molecule has 1 saturated carbocycles. The van der Waals surface area contributed by atoms with Crippen LogP contribution in [0.2, 0.25) is 6.32 Å². The number of nitrogens with zero attached hydrogens (tertiary/aromatic N) is 4. The summed E-state index contributed by atoms with van der Waals surface area (Å²) in [6.45, 7) is 8.41. The van der Waals surface area contributed by atoms with Gasteiger partial charge in [-0.25, -0.2) is 4.68 Å². The molecule has 10 heteroatoms. The summed E-state index contributed by atoms with van der Waals surface area (Å²) in [6, 6.07) is 31.5. The van der Waals surface area contributed by atoms with Crippen molar-refractivity contribution < 1.29 is 14.1 Å². The fourth-order valence-corrected chi connectivity index (χ4v) is 6.29. The number of carbonyl (C=O) groups is 1. The minimum atomic E-state index is -0.729. The van der Waals surface area contributed by atoms with Crippen LogP contribution in [0.4, 0.5) is 0 Å². The predicted octanol–water partition coefficient (Wildman–Crippen LogP) is 5.84. The zero-order chi connectivity index (χ0) is 32.2. The molecule has 2 heterocycles. The normalized spacial score (nSPS) is 18.0. The van der Waals surface area contributed by atoms with E-state index in [-0.39, 0.29) is 42.9 Å². The van der Waals surface area contributed by atoms with E-state index in [1.165, 1.54) is 0 Å². The lowest BCUT2D eigenvalue weighted by Crippen LogP contribution is -2.47. The highest BCUT2D eigenvalue weighted by atomic mass is 16.7. The fraction of sp³-hybridized carbons (Fsp3) is 0.444. The molecule has 3 aromatic carbocycles. The van der Waals surface area contributed by atoms with Crippen LogP contribution in [0, 0.1) is 0 Å². The van der Waals surface area contributed by atoms with Gasteiger partial charge in [0, 0.05) is 6.04 Å². The quantitative estimate of drug-likeness (QED) is 0.104. The van der Waals surface area contributed by atoms with Gasteiger partial charge in [-0.05, 0) is 80.4 Å². The van der Waals surface area contributed by atoms with Gasteiger partial charge in [0.2, 0.25) is 5.91 Å². The molecule has 1 aromatic heterocycles. The number of aromatic nitrogens is 4. The molecule has 1 amide bonds. The maximum atomic E-state index is 12.9. The maximum absolute atomic E-state index is 12.9. The first kappa shape index (κ1) is 32.1. The summed E-state index contributed by atoms with van der Waals surface area (Å²) in [5.74, 6) is 0.560. The molecule has 6 rings (SSSR count). The Morgan fingerprint density at radius 3 is 1.89 bits per heavy atom. The van der Waals surface area contributed by atoms with E-state index in [9.17, 15) is 4.79 Å². The summed E-state index contributed by atoms with van der Waals surface area (Å²) in [5, 5.41) is 20.0. The van der Waals surface area contributed by atoms with Gasteiger partial charge in [-0.2, -0.15) is 0 Å². The number of benzene rings is 3. The van der Waals surface area contributed by atoms with Gasteiger partial charge < -0.3 is 14.6 Å². The van der Waals surface area contributed by atoms with Crippen molar-refractivity contribution in [1.82, 2.24) is 30.8 Å². The lowest BCUT2D eigenvalue weighted by atomic mass is 9.76. The van der Waals surface area contributed by atoms with Crippen molar-refractivity contribution in [2.75, 3.05) is 0 Å². The number of rotatable bonds is 14. The highest BCUT2D eigenvalue weighted by Crippen LogP contribution is 2.41. The fourth-order valence-electron chi connectivity index (χ4n) is 6.29. The summed E-state index contributed by atoms with van der Waals surface area (Å²) in [7, 11) is -0.245. The molecular weight excluding hydrogens is 575 g/mol. The number of unbranched alkanes of at least 4 members (excludes halogenated alkanes) is 1. The second-order valence-corrected chi connectivity index (χ2v) is 13.6. The molecule has 0 bridgehead atoms. The zero-order valence-electron chi connectivity index (χ0n) is 27.4. The van der Waals surface area contributed by atoms with E-state index in [1.807, 2.05) is 18.2 Å². The SMILES string of the molecule is CC1(C)OB(CCCCC(NC(c2ccccc2)(c2ccccc2)c2ccccc2)c2nnnn2CC(=O)NC2CC2)OC1(C)C. The molecule has 1 atom stereocenters. The van der Waals surface area contributed by atoms with Gasteiger partial charge in [0.1, 0.15) is 6.54 Å². The molecule has 2 aliphatic rings. The van der Waals surface area contributed by atoms with Gasteiger partial charge in [-0.15, -0.1) is 5.10 Å². The number of hydrogen-bond donors (Lipinski definition) is 2. The molecule has 9 nitrogen and oxygen atoms in total. The Labute approximate surface area is 272 Å². The molecule has 4 aromatic rings. The standard InChI is InChI=1S/C36H45BN6O3/c1-34(2)35(3,4)46-37(45-34)25-15-14-22-31(33-40-41-42-43(33)26-32(44)38-30-23-24-30)39-36(27-16-8-5-9-17-27,28-18-10-6-11-19-28)29-20-12-7-13-21-29/h5-13,16-21,30-31,39H,14-15,22-26H2,1-4H3,(H,38,44). The van der Waals surface area contributed by atoms with Crippen LogP contribution >= 0.6 is 0 Å². The first-order valence-electron chi connectivity index (χ1n) is 16.5. The second-order valence-electron chi connectivity index (χ2n) is 13.6. The van der Waals surface area contributed by atoms with Crippen molar-refractivity contribution >= 4 is 13.0 Å². The van der Waals surface area contributed by atoms with E-state index in [4.69, 9.17) is 9.31 Å². The van der Waals surface area contributed by atoms with E-state index in [0.29, 0.717) is 5.82 Å². The topological polar surface area (TPSA) is 103 Å². The van der Waals surface area contributed by atoms with Gasteiger partial charge in [0.05, 0.1) is 22.8 Å². The zero-order valence-corrected chi connectivity index (χ0v) is 27.4. The summed E-state index contributed by atoms with van der Waals surface area (Å²) in [4.78, 5) is 12.9. The van der Waals surface area contributed by atoms with Gasteiger partial charge in [-0.1, -0.05) is 104 Å². The third-order valence-electron chi connectivity index (χ3n) is 9.60. The lowest BCUT2D eigenvalue weighted by Gasteiger charge is -2.40. The van der Waals surface area contributed by atoms with Crippen molar-refractivity contribution in [3.63, 3.8) is 0 Å². The van der Waals surface area contributed by atoms with Gasteiger partial charge in [-0.3, -0.25) is 10.1 Å². The molecule has 1 unspecified atom stereocenters. The first-order chi connectivity index (χ1) is 22.2. The maximum Gasteiger partial charge on any atom is 0.457 e. The van der Waals surface area contributed by atoms with Crippen LogP contribution in [-0.4, -0.2) is 50.5 Å². The van der Waals surface area contributed by atoms with E-state index in [0.717, 1.165) is 55.1 Å². The summed E-state index contributed by atoms with van der Waals surface area (Å²) < 4.78 is 14.2.